The van der Waals surface area contributed by atoms with Gasteiger partial charge < -0.3 is 20.9 Å². The van der Waals surface area contributed by atoms with Crippen LogP contribution in [0.4, 0.5) is 15.8 Å². The number of anilines is 2. The van der Waals surface area contributed by atoms with Gasteiger partial charge in [-0.2, -0.15) is 0 Å². The molecule has 1 aromatic carbocycles. The predicted octanol–water partition coefficient (Wildman–Crippen LogP) is 2.06. The number of benzene rings is 1. The molecule has 0 fully saturated rings. The van der Waals surface area contributed by atoms with Gasteiger partial charge in [0, 0.05) is 7.11 Å². The van der Waals surface area contributed by atoms with Crippen LogP contribution >= 0.6 is 11.6 Å². The molecule has 1 atom stereocenters. The third kappa shape index (κ3) is 2.68. The fourth-order valence-corrected chi connectivity index (χ4v) is 1.38. The summed E-state index contributed by atoms with van der Waals surface area (Å²) in [5.74, 6) is -0.842. The number of halogens is 2. The van der Waals surface area contributed by atoms with E-state index in [1.54, 1.807) is 6.92 Å². The van der Waals surface area contributed by atoms with Crippen LogP contribution in [0.5, 0.6) is 5.75 Å². The van der Waals surface area contributed by atoms with Crippen LogP contribution in [-0.2, 0) is 4.74 Å². The van der Waals surface area contributed by atoms with E-state index in [-0.39, 0.29) is 28.3 Å². The molecule has 0 saturated heterocycles. The quantitative estimate of drug-likeness (QED) is 0.800. The molecule has 16 heavy (non-hydrogen) atoms. The number of hydrogen-bond donors (Lipinski definition) is 2. The van der Waals surface area contributed by atoms with Gasteiger partial charge in [0.25, 0.3) is 0 Å². The maximum atomic E-state index is 13.7. The van der Waals surface area contributed by atoms with Crippen molar-refractivity contribution in [2.45, 2.75) is 13.0 Å². The Morgan fingerprint density at radius 1 is 1.44 bits per heavy atom. The molecule has 90 valence electrons. The van der Waals surface area contributed by atoms with Gasteiger partial charge in [-0.15, -0.1) is 0 Å². The Labute approximate surface area is 98.3 Å². The van der Waals surface area contributed by atoms with Crippen molar-refractivity contribution >= 4 is 23.0 Å². The lowest BCUT2D eigenvalue weighted by Gasteiger charge is -2.17. The highest BCUT2D eigenvalue weighted by Gasteiger charge is 2.17. The topological polar surface area (TPSA) is 70.5 Å². The van der Waals surface area contributed by atoms with E-state index in [1.165, 1.54) is 13.2 Å². The molecule has 6 heteroatoms. The first-order valence-electron chi connectivity index (χ1n) is 4.66. The Morgan fingerprint density at radius 2 is 2.06 bits per heavy atom. The fraction of sp³-hybridized carbons (Fsp3) is 0.400. The number of methoxy groups -OCH3 is 1. The van der Waals surface area contributed by atoms with Gasteiger partial charge in [0.1, 0.15) is 11.1 Å². The van der Waals surface area contributed by atoms with Gasteiger partial charge in [-0.3, -0.25) is 0 Å². The summed E-state index contributed by atoms with van der Waals surface area (Å²) < 4.78 is 23.8. The monoisotopic (exact) mass is 248 g/mol. The number of rotatable bonds is 4. The van der Waals surface area contributed by atoms with Crippen LogP contribution < -0.4 is 16.2 Å². The fourth-order valence-electron chi connectivity index (χ4n) is 1.24. The molecule has 0 radical (unpaired) electrons. The average Bonchev–Trinajstić information content (AvgIpc) is 2.22. The van der Waals surface area contributed by atoms with Gasteiger partial charge in [0.2, 0.25) is 0 Å². The van der Waals surface area contributed by atoms with Gasteiger partial charge in [-0.25, -0.2) is 4.39 Å². The highest BCUT2D eigenvalue weighted by atomic mass is 35.5. The molecule has 0 spiro atoms. The zero-order chi connectivity index (χ0) is 12.3. The standard InChI is InChI=1S/C10H14ClFN2O2/c1-5(4-15-2)16-10-7(14)3-6(13)8(11)9(10)12/h3,5H,4,13-14H2,1-2H3. The van der Waals surface area contributed by atoms with Crippen molar-refractivity contribution in [1.29, 1.82) is 0 Å². The molecular weight excluding hydrogens is 235 g/mol. The molecule has 4 N–H and O–H groups in total. The SMILES string of the molecule is COCC(C)Oc1c(N)cc(N)c(Cl)c1F. The van der Waals surface area contributed by atoms with Gasteiger partial charge in [0.15, 0.2) is 11.6 Å². The Morgan fingerprint density at radius 3 is 2.62 bits per heavy atom. The van der Waals surface area contributed by atoms with Gasteiger partial charge >= 0.3 is 0 Å². The molecule has 0 aliphatic rings. The number of nitrogen functional groups attached to an aromatic ring is 2. The Balaban J connectivity index is 3.00. The molecule has 0 aliphatic heterocycles. The first kappa shape index (κ1) is 12.9. The van der Waals surface area contributed by atoms with Crippen LogP contribution in [0.15, 0.2) is 6.07 Å². The Hall–Kier alpha value is -1.20. The van der Waals surface area contributed by atoms with Crippen LogP contribution in [0.1, 0.15) is 6.92 Å². The van der Waals surface area contributed by atoms with E-state index in [0.29, 0.717) is 6.61 Å². The largest absolute Gasteiger partial charge is 0.483 e. The van der Waals surface area contributed by atoms with Crippen molar-refractivity contribution in [3.8, 4) is 5.75 Å². The maximum Gasteiger partial charge on any atom is 0.187 e. The van der Waals surface area contributed by atoms with Crippen molar-refractivity contribution in [2.75, 3.05) is 25.2 Å². The third-order valence-corrected chi connectivity index (χ3v) is 2.32. The van der Waals surface area contributed by atoms with E-state index in [1.807, 2.05) is 0 Å². The predicted molar refractivity (Wildman–Crippen MR) is 62.2 cm³/mol. The zero-order valence-corrected chi connectivity index (χ0v) is 9.84. The summed E-state index contributed by atoms with van der Waals surface area (Å²) >= 11 is 5.65. The molecule has 0 bridgehead atoms. The highest BCUT2D eigenvalue weighted by molar-refractivity contribution is 6.33. The molecule has 1 aromatic rings. The molecule has 1 rings (SSSR count). The van der Waals surface area contributed by atoms with Crippen LogP contribution in [-0.4, -0.2) is 19.8 Å². The first-order chi connectivity index (χ1) is 7.47. The second kappa shape index (κ2) is 5.23. The second-order valence-corrected chi connectivity index (χ2v) is 3.77. The summed E-state index contributed by atoms with van der Waals surface area (Å²) in [4.78, 5) is 0. The van der Waals surface area contributed by atoms with E-state index in [2.05, 4.69) is 0 Å². The molecule has 0 heterocycles. The lowest BCUT2D eigenvalue weighted by molar-refractivity contribution is 0.0899. The summed E-state index contributed by atoms with van der Waals surface area (Å²) in [5.41, 5.74) is 11.2. The van der Waals surface area contributed by atoms with Crippen molar-refractivity contribution in [3.05, 3.63) is 16.9 Å². The van der Waals surface area contributed by atoms with Crippen molar-refractivity contribution < 1.29 is 13.9 Å². The van der Waals surface area contributed by atoms with Crippen molar-refractivity contribution in [2.24, 2.45) is 0 Å². The second-order valence-electron chi connectivity index (χ2n) is 3.40. The average molecular weight is 249 g/mol. The van der Waals surface area contributed by atoms with Crippen LogP contribution in [0.3, 0.4) is 0 Å². The molecule has 1 unspecified atom stereocenters. The van der Waals surface area contributed by atoms with E-state index in [4.69, 9.17) is 32.5 Å². The number of hydrogen-bond acceptors (Lipinski definition) is 4. The summed E-state index contributed by atoms with van der Waals surface area (Å²) in [5, 5.41) is -0.186. The first-order valence-corrected chi connectivity index (χ1v) is 5.03. The van der Waals surface area contributed by atoms with Gasteiger partial charge in [-0.05, 0) is 13.0 Å². The smallest absolute Gasteiger partial charge is 0.187 e. The van der Waals surface area contributed by atoms with Gasteiger partial charge in [0.05, 0.1) is 18.0 Å². The molecule has 0 amide bonds. The lowest BCUT2D eigenvalue weighted by Crippen LogP contribution is -2.19. The maximum absolute atomic E-state index is 13.7. The zero-order valence-electron chi connectivity index (χ0n) is 9.09. The summed E-state index contributed by atoms with van der Waals surface area (Å²) in [6.07, 6.45) is -0.332. The van der Waals surface area contributed by atoms with Crippen molar-refractivity contribution in [3.63, 3.8) is 0 Å². The lowest BCUT2D eigenvalue weighted by atomic mass is 10.2. The van der Waals surface area contributed by atoms with Crippen LogP contribution in [0.25, 0.3) is 0 Å². The van der Waals surface area contributed by atoms with Crippen molar-refractivity contribution in [1.82, 2.24) is 0 Å². The summed E-state index contributed by atoms with van der Waals surface area (Å²) in [6, 6.07) is 1.36. The molecule has 0 aromatic heterocycles. The van der Waals surface area contributed by atoms with E-state index >= 15 is 0 Å². The molecule has 0 aliphatic carbocycles. The molecule has 0 saturated carbocycles. The minimum atomic E-state index is -0.748. The van der Waals surface area contributed by atoms with E-state index in [9.17, 15) is 4.39 Å². The van der Waals surface area contributed by atoms with Gasteiger partial charge in [-0.1, -0.05) is 11.6 Å². The summed E-state index contributed by atoms with van der Waals surface area (Å²) in [7, 11) is 1.52. The number of nitrogens with two attached hydrogens (primary N) is 2. The Kier molecular flexibility index (Phi) is 4.20. The molecule has 4 nitrogen and oxygen atoms in total. The number of ether oxygens (including phenoxy) is 2. The molecular formula is C10H14ClFN2O2. The highest BCUT2D eigenvalue weighted by Crippen LogP contribution is 2.35. The van der Waals surface area contributed by atoms with E-state index in [0.717, 1.165) is 0 Å². The van der Waals surface area contributed by atoms with E-state index < -0.39 is 5.82 Å². The summed E-state index contributed by atoms with van der Waals surface area (Å²) in [6.45, 7) is 2.05. The normalized spacial score (nSPS) is 12.5. The minimum Gasteiger partial charge on any atom is -0.483 e. The van der Waals surface area contributed by atoms with Crippen LogP contribution in [0, 0.1) is 5.82 Å². The van der Waals surface area contributed by atoms with Crippen LogP contribution in [0.2, 0.25) is 5.02 Å². The third-order valence-electron chi connectivity index (χ3n) is 1.94. The minimum absolute atomic E-state index is 0.0865. The Bertz CT molecular complexity index is 388.